The van der Waals surface area contributed by atoms with Crippen molar-refractivity contribution in [2.75, 3.05) is 6.61 Å². The molecule has 0 saturated carbocycles. The molecule has 0 amide bonds. The Morgan fingerprint density at radius 2 is 1.15 bits per heavy atom. The molecule has 2 atom stereocenters. The Morgan fingerprint density at radius 3 is 1.68 bits per heavy atom. The number of hydrogen-bond acceptors (Lipinski definition) is 5. The second kappa shape index (κ2) is 22.6. The number of rotatable bonds is 25. The number of carbonyl (C=O) groups is 1. The van der Waals surface area contributed by atoms with Crippen LogP contribution in [0.1, 0.15) is 109 Å². The molecule has 0 fully saturated rings. The van der Waals surface area contributed by atoms with Gasteiger partial charge < -0.3 is 13.8 Å². The van der Waals surface area contributed by atoms with E-state index in [1.807, 2.05) is 0 Å². The van der Waals surface area contributed by atoms with Gasteiger partial charge in [-0.15, -0.1) is 0 Å². The predicted molar refractivity (Wildman–Crippen MR) is 189 cm³/mol. The first-order chi connectivity index (χ1) is 25.4. The maximum Gasteiger partial charge on any atom is 0.513 e. The Hall–Kier alpha value is -3.57. The second-order valence-corrected chi connectivity index (χ2v) is 14.8. The van der Waals surface area contributed by atoms with Gasteiger partial charge in [0.05, 0.1) is 6.61 Å². The second-order valence-electron chi connectivity index (χ2n) is 13.2. The van der Waals surface area contributed by atoms with Crippen molar-refractivity contribution < 1.29 is 53.9 Å². The number of unbranched alkanes of at least 4 members (excludes halogenated alkanes) is 10. The topological polar surface area (TPSA) is 73.9 Å². The minimum absolute atomic E-state index is 0.0412. The van der Waals surface area contributed by atoms with Crippen molar-refractivity contribution in [3.05, 3.63) is 94.8 Å². The van der Waals surface area contributed by atoms with Crippen molar-refractivity contribution in [1.82, 2.24) is 5.09 Å². The van der Waals surface area contributed by atoms with Crippen LogP contribution in [-0.2, 0) is 20.5 Å². The van der Waals surface area contributed by atoms with E-state index in [0.29, 0.717) is 6.07 Å². The molecule has 0 bridgehead atoms. The molecule has 53 heavy (non-hydrogen) atoms. The highest BCUT2D eigenvalue weighted by atomic mass is 31.2. The number of carbonyl (C=O) groups excluding carboxylic acids is 1. The number of nitrogens with one attached hydrogen (secondary N) is 1. The van der Waals surface area contributed by atoms with Crippen molar-refractivity contribution in [3.8, 4) is 11.5 Å². The molecule has 3 aromatic rings. The summed E-state index contributed by atoms with van der Waals surface area (Å²) in [6.07, 6.45) is 13.7. The number of para-hydroxylation sites is 1. The number of ether oxygens (including phenoxy) is 1. The molecule has 0 unspecified atom stereocenters. The van der Waals surface area contributed by atoms with Gasteiger partial charge in [-0.1, -0.05) is 109 Å². The van der Waals surface area contributed by atoms with Crippen LogP contribution in [0, 0.1) is 46.6 Å². The fraction of sp³-hybridized carbons (Fsp3) is 0.513. The Balaban J connectivity index is 1.91. The first-order valence-electron chi connectivity index (χ1n) is 18.3. The van der Waals surface area contributed by atoms with Crippen LogP contribution in [-0.4, -0.2) is 18.6 Å². The summed E-state index contributed by atoms with van der Waals surface area (Å²) >= 11 is 0. The van der Waals surface area contributed by atoms with E-state index in [-0.39, 0.29) is 23.8 Å². The molecule has 3 rings (SSSR count). The lowest BCUT2D eigenvalue weighted by Crippen LogP contribution is -2.40. The van der Waals surface area contributed by atoms with E-state index in [1.54, 1.807) is 6.07 Å². The van der Waals surface area contributed by atoms with Gasteiger partial charge in [0.2, 0.25) is 34.8 Å². The lowest BCUT2D eigenvalue weighted by atomic mass is 9.94. The van der Waals surface area contributed by atoms with Crippen molar-refractivity contribution in [2.24, 2.45) is 5.92 Å². The number of hydrogen-bond donors (Lipinski definition) is 1. The lowest BCUT2D eigenvalue weighted by Gasteiger charge is -2.26. The van der Waals surface area contributed by atoms with Crippen LogP contribution >= 0.6 is 7.75 Å². The van der Waals surface area contributed by atoms with Crippen LogP contribution in [0.15, 0.2) is 48.5 Å². The van der Waals surface area contributed by atoms with Crippen LogP contribution in [0.5, 0.6) is 11.5 Å². The third-order valence-corrected chi connectivity index (χ3v) is 10.2. The highest BCUT2D eigenvalue weighted by molar-refractivity contribution is 7.52. The van der Waals surface area contributed by atoms with Crippen LogP contribution in [0.4, 0.5) is 30.7 Å². The summed E-state index contributed by atoms with van der Waals surface area (Å²) in [6.45, 7) is 4.21. The molecule has 0 aliphatic heterocycles. The van der Waals surface area contributed by atoms with Gasteiger partial charge in [-0.3, -0.25) is 4.79 Å². The largest absolute Gasteiger partial charge is 0.513 e. The Kier molecular flexibility index (Phi) is 18.7. The van der Waals surface area contributed by atoms with Crippen LogP contribution in [0.2, 0.25) is 0 Å². The molecule has 3 aromatic carbocycles. The molecule has 0 aliphatic carbocycles. The quantitative estimate of drug-likeness (QED) is 0.0231. The molecule has 14 heteroatoms. The van der Waals surface area contributed by atoms with Crippen LogP contribution in [0.25, 0.3) is 0 Å². The lowest BCUT2D eigenvalue weighted by molar-refractivity contribution is -0.147. The zero-order chi connectivity index (χ0) is 38.8. The van der Waals surface area contributed by atoms with E-state index in [1.165, 1.54) is 24.3 Å². The fourth-order valence-electron chi connectivity index (χ4n) is 5.85. The van der Waals surface area contributed by atoms with Crippen molar-refractivity contribution in [1.29, 1.82) is 0 Å². The molecule has 0 aromatic heterocycles. The molecule has 0 radical (unpaired) electrons. The van der Waals surface area contributed by atoms with Gasteiger partial charge in [0.25, 0.3) is 0 Å². The summed E-state index contributed by atoms with van der Waals surface area (Å²) in [6, 6.07) is 7.48. The third kappa shape index (κ3) is 14.6. The first kappa shape index (κ1) is 43.8. The summed E-state index contributed by atoms with van der Waals surface area (Å²) in [5, 5.41) is 2.21. The predicted octanol–water partition coefficient (Wildman–Crippen LogP) is 12.1. The fourth-order valence-corrected chi connectivity index (χ4v) is 7.37. The Morgan fingerprint density at radius 1 is 0.660 bits per heavy atom. The normalized spacial score (nSPS) is 13.2. The van der Waals surface area contributed by atoms with E-state index in [0.717, 1.165) is 102 Å². The maximum absolute atomic E-state index is 14.8. The van der Waals surface area contributed by atoms with Crippen LogP contribution < -0.4 is 14.1 Å². The highest BCUT2D eigenvalue weighted by Gasteiger charge is 2.40. The number of halogens is 7. The van der Waals surface area contributed by atoms with Gasteiger partial charge in [0.15, 0.2) is 0 Å². The highest BCUT2D eigenvalue weighted by Crippen LogP contribution is 2.48. The molecule has 1 N–H and O–H groups in total. The van der Waals surface area contributed by atoms with E-state index in [4.69, 9.17) is 13.8 Å². The van der Waals surface area contributed by atoms with Gasteiger partial charge in [0, 0.05) is 6.07 Å². The Bertz CT molecular complexity index is 1570. The zero-order valence-corrected chi connectivity index (χ0v) is 31.1. The SMILES string of the molecule is CCCCCCCCC(CCCCCCCC)COC(=O)[C@H](Cc1cc(F)cc(F)c1)N[P@](=O)(Oc1ccccc1)Oc1c(F)c(F)c(F)c(F)c1F. The van der Waals surface area contributed by atoms with Crippen molar-refractivity contribution in [3.63, 3.8) is 0 Å². The summed E-state index contributed by atoms with van der Waals surface area (Å²) < 4.78 is 130. The molecule has 0 heterocycles. The van der Waals surface area contributed by atoms with Gasteiger partial charge in [-0.25, -0.2) is 26.5 Å². The maximum atomic E-state index is 14.8. The molecular formula is C39H49F7NO5P. The average Bonchev–Trinajstić information content (AvgIpc) is 3.12. The van der Waals surface area contributed by atoms with E-state index >= 15 is 0 Å². The van der Waals surface area contributed by atoms with Gasteiger partial charge in [-0.2, -0.15) is 13.9 Å². The summed E-state index contributed by atoms with van der Waals surface area (Å²) in [5.74, 6) is -17.4. The van der Waals surface area contributed by atoms with Crippen LogP contribution in [0.3, 0.4) is 0 Å². The van der Waals surface area contributed by atoms with E-state index < -0.39 is 72.6 Å². The molecular weight excluding hydrogens is 726 g/mol. The van der Waals surface area contributed by atoms with Crippen molar-refractivity contribution in [2.45, 2.75) is 116 Å². The van der Waals surface area contributed by atoms with Gasteiger partial charge in [0.1, 0.15) is 23.4 Å². The standard InChI is InChI=1S/C39H49F7NO5P/c1-3-5-7-9-11-14-18-27(19-15-12-10-8-6-4-2)26-50-39(48)32(24-28-22-29(40)25-30(41)23-28)47-53(49,51-31-20-16-13-17-21-31)52-38-36(45)34(43)33(42)35(44)37(38)46/h13,16-17,20-23,25,27,32H,3-12,14-15,18-19,24,26H2,1-2H3,(H,47,49)/t32-,53-/m0/s1. The number of esters is 1. The monoisotopic (exact) mass is 775 g/mol. The number of benzene rings is 3. The van der Waals surface area contributed by atoms with E-state index in [9.17, 15) is 40.1 Å². The third-order valence-electron chi connectivity index (χ3n) is 8.70. The Labute approximate surface area is 307 Å². The van der Waals surface area contributed by atoms with Gasteiger partial charge >= 0.3 is 13.7 Å². The van der Waals surface area contributed by atoms with Gasteiger partial charge in [-0.05, 0) is 55.0 Å². The molecule has 6 nitrogen and oxygen atoms in total. The molecule has 0 aliphatic rings. The summed E-state index contributed by atoms with van der Waals surface area (Å²) in [7, 11) is -5.33. The van der Waals surface area contributed by atoms with Crippen molar-refractivity contribution >= 4 is 13.7 Å². The molecule has 0 spiro atoms. The minimum atomic E-state index is -5.33. The smallest absolute Gasteiger partial charge is 0.464 e. The molecule has 294 valence electrons. The van der Waals surface area contributed by atoms with E-state index in [2.05, 4.69) is 18.9 Å². The summed E-state index contributed by atoms with van der Waals surface area (Å²) in [4.78, 5) is 13.8. The average molecular weight is 776 g/mol. The zero-order valence-electron chi connectivity index (χ0n) is 30.2. The summed E-state index contributed by atoms with van der Waals surface area (Å²) in [5.41, 5.74) is -0.116. The minimum Gasteiger partial charge on any atom is -0.464 e. The molecule has 0 saturated heterocycles. The first-order valence-corrected chi connectivity index (χ1v) is 19.9.